The lowest BCUT2D eigenvalue weighted by atomic mass is 10.1. The number of hydrogen-bond donors (Lipinski definition) is 2. The van der Waals surface area contributed by atoms with E-state index in [4.69, 9.17) is 0 Å². The Bertz CT molecular complexity index is 1170. The molecule has 2 heterocycles. The number of benzene rings is 2. The van der Waals surface area contributed by atoms with Crippen molar-refractivity contribution in [2.24, 2.45) is 0 Å². The van der Waals surface area contributed by atoms with E-state index in [0.29, 0.717) is 23.9 Å². The number of fused-ring (bicyclic) bond motifs is 1. The minimum absolute atomic E-state index is 0.241. The fourth-order valence-corrected chi connectivity index (χ4v) is 3.05. The molecule has 0 radical (unpaired) electrons. The zero-order chi connectivity index (χ0) is 20.2. The van der Waals surface area contributed by atoms with Gasteiger partial charge in [-0.05, 0) is 37.6 Å². The Morgan fingerprint density at radius 1 is 0.966 bits per heavy atom. The summed E-state index contributed by atoms with van der Waals surface area (Å²) < 4.78 is 0. The molecular weight excluding hydrogens is 362 g/mol. The fraction of sp³-hybridized carbons (Fsp3) is 0.130. The third-order valence-electron chi connectivity index (χ3n) is 4.54. The standard InChI is InChI=1S/C23H21N5O/c1-15-8-10-17(11-9-15)14-25-22(29)20-13-16(2)26-23(28-20)27-19-7-3-5-18-6-4-12-24-21(18)19/h3-13H,14H2,1-2H3,(H,25,29)(H,26,27,28). The molecule has 2 aromatic heterocycles. The monoisotopic (exact) mass is 383 g/mol. The number of anilines is 2. The van der Waals surface area contributed by atoms with Gasteiger partial charge in [-0.25, -0.2) is 9.97 Å². The van der Waals surface area contributed by atoms with Crippen LogP contribution >= 0.6 is 0 Å². The second-order valence-corrected chi connectivity index (χ2v) is 6.89. The van der Waals surface area contributed by atoms with Crippen molar-refractivity contribution in [3.63, 3.8) is 0 Å². The van der Waals surface area contributed by atoms with Gasteiger partial charge in [-0.3, -0.25) is 9.78 Å². The van der Waals surface area contributed by atoms with E-state index in [1.54, 1.807) is 12.3 Å². The molecule has 4 rings (SSSR count). The van der Waals surface area contributed by atoms with Crippen molar-refractivity contribution in [3.8, 4) is 0 Å². The van der Waals surface area contributed by atoms with Crippen molar-refractivity contribution in [2.45, 2.75) is 20.4 Å². The van der Waals surface area contributed by atoms with Crippen LogP contribution in [-0.4, -0.2) is 20.9 Å². The number of carbonyl (C=O) groups excluding carboxylic acids is 1. The van der Waals surface area contributed by atoms with Crippen LogP contribution in [0.2, 0.25) is 0 Å². The predicted molar refractivity (Wildman–Crippen MR) is 114 cm³/mol. The number of rotatable bonds is 5. The molecule has 6 nitrogen and oxygen atoms in total. The molecule has 0 atom stereocenters. The van der Waals surface area contributed by atoms with Gasteiger partial charge >= 0.3 is 0 Å². The van der Waals surface area contributed by atoms with E-state index in [1.807, 2.05) is 68.4 Å². The smallest absolute Gasteiger partial charge is 0.270 e. The molecule has 2 N–H and O–H groups in total. The van der Waals surface area contributed by atoms with E-state index in [9.17, 15) is 4.79 Å². The minimum atomic E-state index is -0.241. The maximum absolute atomic E-state index is 12.6. The predicted octanol–water partition coefficient (Wildman–Crippen LogP) is 4.32. The van der Waals surface area contributed by atoms with E-state index >= 15 is 0 Å². The van der Waals surface area contributed by atoms with Gasteiger partial charge < -0.3 is 10.6 Å². The van der Waals surface area contributed by atoms with Gasteiger partial charge in [0.25, 0.3) is 5.91 Å². The van der Waals surface area contributed by atoms with Crippen LogP contribution in [0, 0.1) is 13.8 Å². The number of nitrogens with one attached hydrogen (secondary N) is 2. The van der Waals surface area contributed by atoms with Gasteiger partial charge in [0, 0.05) is 23.8 Å². The van der Waals surface area contributed by atoms with Crippen molar-refractivity contribution in [1.82, 2.24) is 20.3 Å². The Morgan fingerprint density at radius 3 is 2.59 bits per heavy atom. The van der Waals surface area contributed by atoms with E-state index < -0.39 is 0 Å². The highest BCUT2D eigenvalue weighted by Gasteiger charge is 2.12. The number of aromatic nitrogens is 3. The zero-order valence-electron chi connectivity index (χ0n) is 16.3. The number of para-hydroxylation sites is 1. The highest BCUT2D eigenvalue weighted by Crippen LogP contribution is 2.23. The van der Waals surface area contributed by atoms with Crippen molar-refractivity contribution in [3.05, 3.63) is 89.4 Å². The molecule has 0 fully saturated rings. The maximum atomic E-state index is 12.6. The van der Waals surface area contributed by atoms with Crippen LogP contribution in [-0.2, 0) is 6.54 Å². The van der Waals surface area contributed by atoms with Gasteiger partial charge in [0.05, 0.1) is 11.2 Å². The molecule has 144 valence electrons. The highest BCUT2D eigenvalue weighted by molar-refractivity contribution is 5.93. The van der Waals surface area contributed by atoms with Gasteiger partial charge in [-0.2, -0.15) is 0 Å². The van der Waals surface area contributed by atoms with Crippen LogP contribution < -0.4 is 10.6 Å². The molecule has 0 aliphatic heterocycles. The second kappa shape index (κ2) is 8.06. The van der Waals surface area contributed by atoms with Gasteiger partial charge in [-0.1, -0.05) is 48.0 Å². The summed E-state index contributed by atoms with van der Waals surface area (Å²) in [5, 5.41) is 7.13. The lowest BCUT2D eigenvalue weighted by Crippen LogP contribution is -2.24. The topological polar surface area (TPSA) is 79.8 Å². The normalized spacial score (nSPS) is 10.7. The fourth-order valence-electron chi connectivity index (χ4n) is 3.05. The lowest BCUT2D eigenvalue weighted by molar-refractivity contribution is 0.0945. The molecule has 2 aromatic carbocycles. The largest absolute Gasteiger partial charge is 0.347 e. The third kappa shape index (κ3) is 4.38. The van der Waals surface area contributed by atoms with Gasteiger partial charge in [0.1, 0.15) is 5.69 Å². The summed E-state index contributed by atoms with van der Waals surface area (Å²) in [6, 6.07) is 19.5. The van der Waals surface area contributed by atoms with E-state index in [1.165, 1.54) is 5.56 Å². The molecule has 0 spiro atoms. The second-order valence-electron chi connectivity index (χ2n) is 6.89. The molecule has 6 heteroatoms. The van der Waals surface area contributed by atoms with Crippen LogP contribution in [0.25, 0.3) is 10.9 Å². The number of carbonyl (C=O) groups is 1. The summed E-state index contributed by atoms with van der Waals surface area (Å²) in [7, 11) is 0. The summed E-state index contributed by atoms with van der Waals surface area (Å²) >= 11 is 0. The first kappa shape index (κ1) is 18.6. The Kier molecular flexibility index (Phi) is 5.16. The average molecular weight is 383 g/mol. The van der Waals surface area contributed by atoms with Crippen molar-refractivity contribution < 1.29 is 4.79 Å². The molecule has 0 bridgehead atoms. The molecule has 0 unspecified atom stereocenters. The quantitative estimate of drug-likeness (QED) is 0.537. The number of amides is 1. The van der Waals surface area contributed by atoms with E-state index in [2.05, 4.69) is 25.6 Å². The van der Waals surface area contributed by atoms with Crippen molar-refractivity contribution >= 4 is 28.4 Å². The maximum Gasteiger partial charge on any atom is 0.270 e. The minimum Gasteiger partial charge on any atom is -0.347 e. The SMILES string of the molecule is Cc1ccc(CNC(=O)c2cc(C)nc(Nc3cccc4cccnc34)n2)cc1. The van der Waals surface area contributed by atoms with Crippen LogP contribution in [0.3, 0.4) is 0 Å². The third-order valence-corrected chi connectivity index (χ3v) is 4.54. The number of nitrogens with zero attached hydrogens (tertiary/aromatic N) is 3. The number of hydrogen-bond acceptors (Lipinski definition) is 5. The molecular formula is C23H21N5O. The van der Waals surface area contributed by atoms with Crippen LogP contribution in [0.5, 0.6) is 0 Å². The van der Waals surface area contributed by atoms with Gasteiger partial charge in [-0.15, -0.1) is 0 Å². The summed E-state index contributed by atoms with van der Waals surface area (Å²) in [4.78, 5) is 25.9. The van der Waals surface area contributed by atoms with Crippen molar-refractivity contribution in [2.75, 3.05) is 5.32 Å². The summed E-state index contributed by atoms with van der Waals surface area (Å²) in [6.07, 6.45) is 1.74. The zero-order valence-corrected chi connectivity index (χ0v) is 16.3. The Morgan fingerprint density at radius 2 is 1.76 bits per heavy atom. The van der Waals surface area contributed by atoms with Gasteiger partial charge in [0.2, 0.25) is 5.95 Å². The summed E-state index contributed by atoms with van der Waals surface area (Å²) in [6.45, 7) is 4.31. The molecule has 0 aliphatic carbocycles. The first-order valence-corrected chi connectivity index (χ1v) is 9.39. The van der Waals surface area contributed by atoms with E-state index in [-0.39, 0.29) is 5.91 Å². The summed E-state index contributed by atoms with van der Waals surface area (Å²) in [5.41, 5.74) is 4.86. The first-order valence-electron chi connectivity index (χ1n) is 9.39. The Labute approximate surface area is 169 Å². The van der Waals surface area contributed by atoms with Crippen LogP contribution in [0.4, 0.5) is 11.6 Å². The number of aryl methyl sites for hydroxylation is 2. The molecule has 0 saturated heterocycles. The van der Waals surface area contributed by atoms with Crippen LogP contribution in [0.1, 0.15) is 27.3 Å². The Balaban J connectivity index is 1.54. The van der Waals surface area contributed by atoms with Crippen LogP contribution in [0.15, 0.2) is 66.9 Å². The molecule has 29 heavy (non-hydrogen) atoms. The van der Waals surface area contributed by atoms with Gasteiger partial charge in [0.15, 0.2) is 0 Å². The first-order chi connectivity index (χ1) is 14.1. The Hall–Kier alpha value is -3.80. The molecule has 1 amide bonds. The average Bonchev–Trinajstić information content (AvgIpc) is 2.73. The number of pyridine rings is 1. The molecule has 0 aliphatic rings. The molecule has 0 saturated carbocycles. The summed E-state index contributed by atoms with van der Waals surface area (Å²) in [5.74, 6) is 0.124. The van der Waals surface area contributed by atoms with E-state index in [0.717, 1.165) is 22.2 Å². The lowest BCUT2D eigenvalue weighted by Gasteiger charge is -2.10. The van der Waals surface area contributed by atoms with Crippen molar-refractivity contribution in [1.29, 1.82) is 0 Å². The highest BCUT2D eigenvalue weighted by atomic mass is 16.1. The molecule has 4 aromatic rings.